The molecule has 2 aromatic carbocycles. The van der Waals surface area contributed by atoms with E-state index >= 15 is 0 Å². The number of benzene rings is 2. The lowest BCUT2D eigenvalue weighted by Gasteiger charge is -2.11. The molecule has 2 heterocycles. The molecule has 1 saturated heterocycles. The largest absolute Gasteiger partial charge is 0.325 e. The molecule has 26 heavy (non-hydrogen) atoms. The lowest BCUT2D eigenvalue weighted by atomic mass is 10.1. The van der Waals surface area contributed by atoms with Crippen molar-refractivity contribution < 1.29 is 9.59 Å². The van der Waals surface area contributed by atoms with Crippen LogP contribution in [0.15, 0.2) is 72.9 Å². The topological polar surface area (TPSA) is 67.2 Å². The van der Waals surface area contributed by atoms with Crippen molar-refractivity contribution in [3.63, 3.8) is 0 Å². The predicted octanol–water partition coefficient (Wildman–Crippen LogP) is 2.54. The molecule has 1 N–H and O–H groups in total. The number of para-hydroxylation sites is 1. The number of hydrogen-bond acceptors (Lipinski definition) is 3. The lowest BCUT2D eigenvalue weighted by Crippen LogP contribution is -2.32. The summed E-state index contributed by atoms with van der Waals surface area (Å²) in [4.78, 5) is 26.1. The molecular formula is C20H18N4O2. The lowest BCUT2D eigenvalue weighted by molar-refractivity contribution is -0.127. The van der Waals surface area contributed by atoms with E-state index in [1.165, 1.54) is 4.90 Å². The van der Waals surface area contributed by atoms with Crippen molar-refractivity contribution in [3.8, 4) is 5.69 Å². The first-order chi connectivity index (χ1) is 12.7. The van der Waals surface area contributed by atoms with Crippen LogP contribution in [0.2, 0.25) is 0 Å². The van der Waals surface area contributed by atoms with Gasteiger partial charge in [0, 0.05) is 12.6 Å². The van der Waals surface area contributed by atoms with Crippen molar-refractivity contribution in [2.45, 2.75) is 19.0 Å². The molecule has 0 bridgehead atoms. The van der Waals surface area contributed by atoms with Gasteiger partial charge in [0.15, 0.2) is 0 Å². The SMILES string of the molecule is O=C1N[C@H](Cc2ccccc2)C(=O)N1Cc1ccn(-c2ccccc2)n1. The standard InChI is InChI=1S/C20H18N4O2/c25-19-18(13-15-7-3-1-4-8-15)21-20(26)23(19)14-16-11-12-24(22-16)17-9-5-2-6-10-17/h1-12,18H,13-14H2,(H,21,26)/t18-/m1/s1. The van der Waals surface area contributed by atoms with Gasteiger partial charge in [-0.15, -0.1) is 0 Å². The van der Waals surface area contributed by atoms with Crippen LogP contribution in [0.4, 0.5) is 4.79 Å². The summed E-state index contributed by atoms with van der Waals surface area (Å²) >= 11 is 0. The molecule has 1 aliphatic rings. The first-order valence-corrected chi connectivity index (χ1v) is 8.46. The van der Waals surface area contributed by atoms with E-state index in [0.717, 1.165) is 11.3 Å². The maximum Gasteiger partial charge on any atom is 0.325 e. The third-order valence-electron chi connectivity index (χ3n) is 4.37. The molecule has 3 aromatic rings. The number of nitrogens with zero attached hydrogens (tertiary/aromatic N) is 3. The molecular weight excluding hydrogens is 328 g/mol. The van der Waals surface area contributed by atoms with Crippen molar-refractivity contribution in [2.24, 2.45) is 0 Å². The Hall–Kier alpha value is -3.41. The highest BCUT2D eigenvalue weighted by Crippen LogP contribution is 2.15. The van der Waals surface area contributed by atoms with Crippen LogP contribution in [0.5, 0.6) is 0 Å². The number of nitrogens with one attached hydrogen (secondary N) is 1. The minimum atomic E-state index is -0.527. The van der Waals surface area contributed by atoms with Gasteiger partial charge < -0.3 is 5.32 Å². The smallest absolute Gasteiger partial charge is 0.325 e. The van der Waals surface area contributed by atoms with Crippen molar-refractivity contribution in [3.05, 3.63) is 84.2 Å². The number of hydrogen-bond donors (Lipinski definition) is 1. The Balaban J connectivity index is 1.46. The molecule has 1 aliphatic heterocycles. The van der Waals surface area contributed by atoms with Crippen LogP contribution >= 0.6 is 0 Å². The highest BCUT2D eigenvalue weighted by atomic mass is 16.2. The minimum Gasteiger partial charge on any atom is -0.325 e. The Kier molecular flexibility index (Phi) is 4.23. The Morgan fingerprint density at radius 2 is 1.62 bits per heavy atom. The van der Waals surface area contributed by atoms with Crippen LogP contribution in [-0.2, 0) is 17.8 Å². The number of urea groups is 1. The van der Waals surface area contributed by atoms with Gasteiger partial charge in [0.25, 0.3) is 5.91 Å². The summed E-state index contributed by atoms with van der Waals surface area (Å²) in [7, 11) is 0. The third kappa shape index (κ3) is 3.21. The van der Waals surface area contributed by atoms with Crippen LogP contribution in [0, 0.1) is 0 Å². The molecule has 4 rings (SSSR count). The number of amides is 3. The van der Waals surface area contributed by atoms with Gasteiger partial charge in [-0.2, -0.15) is 5.10 Å². The fourth-order valence-electron chi connectivity index (χ4n) is 3.05. The monoisotopic (exact) mass is 346 g/mol. The Bertz CT molecular complexity index is 921. The summed E-state index contributed by atoms with van der Waals surface area (Å²) in [5.41, 5.74) is 2.61. The Morgan fingerprint density at radius 3 is 2.35 bits per heavy atom. The summed E-state index contributed by atoms with van der Waals surface area (Å²) in [5, 5.41) is 7.23. The molecule has 1 fully saturated rings. The molecule has 3 amide bonds. The maximum absolute atomic E-state index is 12.6. The highest BCUT2D eigenvalue weighted by Gasteiger charge is 2.38. The summed E-state index contributed by atoms with van der Waals surface area (Å²) < 4.78 is 1.73. The zero-order chi connectivity index (χ0) is 17.9. The Morgan fingerprint density at radius 1 is 0.923 bits per heavy atom. The van der Waals surface area contributed by atoms with Gasteiger partial charge in [-0.05, 0) is 23.8 Å². The van der Waals surface area contributed by atoms with E-state index < -0.39 is 6.04 Å². The first-order valence-electron chi connectivity index (χ1n) is 8.46. The molecule has 0 radical (unpaired) electrons. The molecule has 0 aliphatic carbocycles. The second-order valence-corrected chi connectivity index (χ2v) is 6.20. The van der Waals surface area contributed by atoms with E-state index in [9.17, 15) is 9.59 Å². The zero-order valence-electron chi connectivity index (χ0n) is 14.1. The van der Waals surface area contributed by atoms with E-state index in [2.05, 4.69) is 10.4 Å². The molecule has 0 spiro atoms. The van der Waals surface area contributed by atoms with Crippen LogP contribution in [0.1, 0.15) is 11.3 Å². The van der Waals surface area contributed by atoms with Gasteiger partial charge >= 0.3 is 6.03 Å². The summed E-state index contributed by atoms with van der Waals surface area (Å²) in [6.07, 6.45) is 2.31. The molecule has 0 saturated carbocycles. The second kappa shape index (κ2) is 6.84. The number of carbonyl (C=O) groups excluding carboxylic acids is 2. The van der Waals surface area contributed by atoms with Gasteiger partial charge in [0.2, 0.25) is 0 Å². The molecule has 130 valence electrons. The molecule has 0 unspecified atom stereocenters. The second-order valence-electron chi connectivity index (χ2n) is 6.20. The number of imide groups is 1. The molecule has 6 heteroatoms. The van der Waals surface area contributed by atoms with Crippen LogP contribution in [0.3, 0.4) is 0 Å². The highest BCUT2D eigenvalue weighted by molar-refractivity contribution is 6.04. The van der Waals surface area contributed by atoms with Crippen LogP contribution in [0.25, 0.3) is 5.69 Å². The zero-order valence-corrected chi connectivity index (χ0v) is 14.1. The van der Waals surface area contributed by atoms with E-state index in [-0.39, 0.29) is 18.5 Å². The van der Waals surface area contributed by atoms with Crippen molar-refractivity contribution >= 4 is 11.9 Å². The number of carbonyl (C=O) groups is 2. The van der Waals surface area contributed by atoms with E-state index in [0.29, 0.717) is 12.1 Å². The summed E-state index contributed by atoms with van der Waals surface area (Å²) in [5.74, 6) is -0.215. The van der Waals surface area contributed by atoms with E-state index in [1.807, 2.05) is 72.9 Å². The molecule has 1 atom stereocenters. The van der Waals surface area contributed by atoms with E-state index in [1.54, 1.807) is 4.68 Å². The predicted molar refractivity (Wildman–Crippen MR) is 96.6 cm³/mol. The van der Waals surface area contributed by atoms with Gasteiger partial charge in [0.1, 0.15) is 6.04 Å². The van der Waals surface area contributed by atoms with Crippen LogP contribution in [-0.4, -0.2) is 32.7 Å². The van der Waals surface area contributed by atoms with Gasteiger partial charge in [-0.25, -0.2) is 9.48 Å². The van der Waals surface area contributed by atoms with Gasteiger partial charge in [-0.3, -0.25) is 9.69 Å². The molecule has 1 aromatic heterocycles. The average molecular weight is 346 g/mol. The third-order valence-corrected chi connectivity index (χ3v) is 4.37. The maximum atomic E-state index is 12.6. The first kappa shape index (κ1) is 16.1. The quantitative estimate of drug-likeness (QED) is 0.722. The molecule has 6 nitrogen and oxygen atoms in total. The fourth-order valence-corrected chi connectivity index (χ4v) is 3.05. The average Bonchev–Trinajstić information content (AvgIpc) is 3.24. The van der Waals surface area contributed by atoms with E-state index in [4.69, 9.17) is 0 Å². The summed E-state index contributed by atoms with van der Waals surface area (Å²) in [6.45, 7) is 0.162. The number of rotatable bonds is 5. The summed E-state index contributed by atoms with van der Waals surface area (Å²) in [6, 6.07) is 20.3. The Labute approximate surface area is 151 Å². The number of aromatic nitrogens is 2. The van der Waals surface area contributed by atoms with Crippen molar-refractivity contribution in [1.29, 1.82) is 0 Å². The van der Waals surface area contributed by atoms with Gasteiger partial charge in [0.05, 0.1) is 17.9 Å². The van der Waals surface area contributed by atoms with Crippen molar-refractivity contribution in [2.75, 3.05) is 0 Å². The van der Waals surface area contributed by atoms with Crippen molar-refractivity contribution in [1.82, 2.24) is 20.0 Å². The normalized spacial score (nSPS) is 16.8. The van der Waals surface area contributed by atoms with Gasteiger partial charge in [-0.1, -0.05) is 48.5 Å². The van der Waals surface area contributed by atoms with Crippen LogP contribution < -0.4 is 5.32 Å². The fraction of sp³-hybridized carbons (Fsp3) is 0.150. The minimum absolute atomic E-state index is 0.162.